The summed E-state index contributed by atoms with van der Waals surface area (Å²) in [6, 6.07) is 0. The lowest BCUT2D eigenvalue weighted by Gasteiger charge is -1.94. The minimum Gasteiger partial charge on any atom is -0.294 e. The van der Waals surface area contributed by atoms with Gasteiger partial charge in [0.1, 0.15) is 0 Å². The topological polar surface area (TPSA) is 17.1 Å². The summed E-state index contributed by atoms with van der Waals surface area (Å²) in [5.41, 5.74) is 2.29. The summed E-state index contributed by atoms with van der Waals surface area (Å²) in [6.07, 6.45) is 10.7. The molecule has 0 fully saturated rings. The minimum atomic E-state index is 0.319. The number of carbonyl (C=O) groups is 1. The van der Waals surface area contributed by atoms with E-state index in [1.165, 1.54) is 5.57 Å². The molecule has 0 unspecified atom stereocenters. The highest BCUT2D eigenvalue weighted by Crippen LogP contribution is 2.27. The molecule has 0 amide bonds. The van der Waals surface area contributed by atoms with Gasteiger partial charge in [0.25, 0.3) is 0 Å². The van der Waals surface area contributed by atoms with Gasteiger partial charge in [0.2, 0.25) is 0 Å². The Labute approximate surface area is 66.1 Å². The molecule has 0 aromatic heterocycles. The first-order chi connectivity index (χ1) is 5.38. The fourth-order valence-electron chi connectivity index (χ4n) is 1.59. The predicted molar refractivity (Wildman–Crippen MR) is 44.2 cm³/mol. The van der Waals surface area contributed by atoms with Gasteiger partial charge in [0, 0.05) is 12.0 Å². The lowest BCUT2D eigenvalue weighted by atomic mass is 10.1. The fourth-order valence-corrected chi connectivity index (χ4v) is 1.59. The Kier molecular flexibility index (Phi) is 1.50. The van der Waals surface area contributed by atoms with Crippen LogP contribution in [-0.2, 0) is 4.79 Å². The molecule has 0 heterocycles. The SMILES string of the molecule is O=C1CCC2=C1C=CC=CC2. The van der Waals surface area contributed by atoms with E-state index in [0.717, 1.165) is 24.8 Å². The van der Waals surface area contributed by atoms with Crippen LogP contribution in [0.25, 0.3) is 0 Å². The Bertz CT molecular complexity index is 279. The lowest BCUT2D eigenvalue weighted by molar-refractivity contribution is -0.114. The second-order valence-electron chi connectivity index (χ2n) is 2.93. The van der Waals surface area contributed by atoms with Crippen LogP contribution in [-0.4, -0.2) is 5.78 Å². The maximum absolute atomic E-state index is 11.2. The van der Waals surface area contributed by atoms with E-state index in [9.17, 15) is 4.79 Å². The maximum atomic E-state index is 11.2. The molecule has 2 rings (SSSR count). The van der Waals surface area contributed by atoms with E-state index in [1.54, 1.807) is 0 Å². The summed E-state index contributed by atoms with van der Waals surface area (Å²) in [7, 11) is 0. The van der Waals surface area contributed by atoms with Gasteiger partial charge in [-0.25, -0.2) is 0 Å². The van der Waals surface area contributed by atoms with Gasteiger partial charge in [-0.2, -0.15) is 0 Å². The van der Waals surface area contributed by atoms with E-state index in [2.05, 4.69) is 6.08 Å². The number of hydrogen-bond donors (Lipinski definition) is 0. The molecule has 2 aliphatic carbocycles. The number of ketones is 1. The standard InChI is InChI=1S/C10H10O/c11-10-7-6-8-4-2-1-3-5-9(8)10/h1-3,5H,4,6-7H2. The van der Waals surface area contributed by atoms with E-state index >= 15 is 0 Å². The van der Waals surface area contributed by atoms with Crippen molar-refractivity contribution in [3.63, 3.8) is 0 Å². The smallest absolute Gasteiger partial charge is 0.163 e. The van der Waals surface area contributed by atoms with E-state index < -0.39 is 0 Å². The zero-order chi connectivity index (χ0) is 7.68. The van der Waals surface area contributed by atoms with Gasteiger partial charge in [0.15, 0.2) is 5.78 Å². The molecule has 0 aromatic rings. The number of allylic oxidation sites excluding steroid dienone is 6. The molecule has 0 aromatic carbocycles. The highest BCUT2D eigenvalue weighted by atomic mass is 16.1. The summed E-state index contributed by atoms with van der Waals surface area (Å²) in [6.45, 7) is 0. The van der Waals surface area contributed by atoms with Crippen LogP contribution in [0, 0.1) is 0 Å². The number of Topliss-reactive ketones (excluding diaryl/α,β-unsaturated/α-hetero) is 1. The van der Waals surface area contributed by atoms with Crippen LogP contribution in [0.5, 0.6) is 0 Å². The molecule has 0 spiro atoms. The quantitative estimate of drug-likeness (QED) is 0.511. The lowest BCUT2D eigenvalue weighted by Crippen LogP contribution is -1.91. The second kappa shape index (κ2) is 2.50. The maximum Gasteiger partial charge on any atom is 0.163 e. The molecule has 1 nitrogen and oxygen atoms in total. The molecule has 0 aliphatic heterocycles. The Morgan fingerprint density at radius 3 is 3.00 bits per heavy atom. The highest BCUT2D eigenvalue weighted by Gasteiger charge is 2.19. The fraction of sp³-hybridized carbons (Fsp3) is 0.300. The normalized spacial score (nSPS) is 22.4. The molecule has 0 saturated heterocycles. The van der Waals surface area contributed by atoms with Crippen LogP contribution in [0.3, 0.4) is 0 Å². The summed E-state index contributed by atoms with van der Waals surface area (Å²) >= 11 is 0. The molecular formula is C10H10O. The predicted octanol–water partition coefficient (Wildman–Crippen LogP) is 2.16. The van der Waals surface area contributed by atoms with Crippen LogP contribution >= 0.6 is 0 Å². The molecule has 2 aliphatic rings. The third kappa shape index (κ3) is 1.07. The molecule has 0 radical (unpaired) electrons. The molecule has 0 saturated carbocycles. The third-order valence-electron chi connectivity index (χ3n) is 2.21. The molecule has 0 N–H and O–H groups in total. The van der Waals surface area contributed by atoms with Crippen LogP contribution in [0.15, 0.2) is 35.5 Å². The van der Waals surface area contributed by atoms with Gasteiger partial charge in [-0.05, 0) is 12.8 Å². The number of rotatable bonds is 0. The second-order valence-corrected chi connectivity index (χ2v) is 2.93. The first kappa shape index (κ1) is 6.59. The van der Waals surface area contributed by atoms with E-state index in [0.29, 0.717) is 5.78 Å². The van der Waals surface area contributed by atoms with Crippen LogP contribution in [0.4, 0.5) is 0 Å². The molecule has 56 valence electrons. The van der Waals surface area contributed by atoms with Gasteiger partial charge < -0.3 is 0 Å². The Hall–Kier alpha value is -1.11. The van der Waals surface area contributed by atoms with Crippen molar-refractivity contribution < 1.29 is 4.79 Å². The third-order valence-corrected chi connectivity index (χ3v) is 2.21. The van der Waals surface area contributed by atoms with Gasteiger partial charge >= 0.3 is 0 Å². The van der Waals surface area contributed by atoms with Crippen molar-refractivity contribution in [1.82, 2.24) is 0 Å². The van der Waals surface area contributed by atoms with E-state index in [1.807, 2.05) is 18.2 Å². The first-order valence-corrected chi connectivity index (χ1v) is 3.96. The van der Waals surface area contributed by atoms with Crippen LogP contribution < -0.4 is 0 Å². The van der Waals surface area contributed by atoms with Gasteiger partial charge in [-0.1, -0.05) is 29.9 Å². The minimum absolute atomic E-state index is 0.319. The number of carbonyl (C=O) groups excluding carboxylic acids is 1. The van der Waals surface area contributed by atoms with Crippen molar-refractivity contribution in [3.05, 3.63) is 35.5 Å². The summed E-state index contributed by atoms with van der Waals surface area (Å²) in [5, 5.41) is 0. The van der Waals surface area contributed by atoms with Crippen molar-refractivity contribution in [2.45, 2.75) is 19.3 Å². The monoisotopic (exact) mass is 146 g/mol. The van der Waals surface area contributed by atoms with Gasteiger partial charge in [-0.3, -0.25) is 4.79 Å². The van der Waals surface area contributed by atoms with Gasteiger partial charge in [-0.15, -0.1) is 0 Å². The van der Waals surface area contributed by atoms with Crippen molar-refractivity contribution in [2.75, 3.05) is 0 Å². The Morgan fingerprint density at radius 1 is 1.18 bits per heavy atom. The van der Waals surface area contributed by atoms with Crippen LogP contribution in [0.2, 0.25) is 0 Å². The zero-order valence-corrected chi connectivity index (χ0v) is 6.34. The molecular weight excluding hydrogens is 136 g/mol. The van der Waals surface area contributed by atoms with Crippen molar-refractivity contribution in [2.24, 2.45) is 0 Å². The molecule has 0 bridgehead atoms. The summed E-state index contributed by atoms with van der Waals surface area (Å²) < 4.78 is 0. The Balaban J connectivity index is 2.39. The Morgan fingerprint density at radius 2 is 2.09 bits per heavy atom. The van der Waals surface area contributed by atoms with Crippen LogP contribution in [0.1, 0.15) is 19.3 Å². The average molecular weight is 146 g/mol. The largest absolute Gasteiger partial charge is 0.294 e. The van der Waals surface area contributed by atoms with E-state index in [4.69, 9.17) is 0 Å². The summed E-state index contributed by atoms with van der Waals surface area (Å²) in [5.74, 6) is 0.319. The first-order valence-electron chi connectivity index (χ1n) is 3.96. The highest BCUT2D eigenvalue weighted by molar-refractivity contribution is 6.01. The molecule has 11 heavy (non-hydrogen) atoms. The summed E-state index contributed by atoms with van der Waals surface area (Å²) in [4.78, 5) is 11.2. The van der Waals surface area contributed by atoms with Crippen molar-refractivity contribution >= 4 is 5.78 Å². The average Bonchev–Trinajstić information content (AvgIpc) is 2.25. The van der Waals surface area contributed by atoms with Crippen molar-refractivity contribution in [1.29, 1.82) is 0 Å². The van der Waals surface area contributed by atoms with Crippen molar-refractivity contribution in [3.8, 4) is 0 Å². The van der Waals surface area contributed by atoms with Gasteiger partial charge in [0.05, 0.1) is 0 Å². The van der Waals surface area contributed by atoms with E-state index in [-0.39, 0.29) is 0 Å². The molecule has 1 heteroatoms. The zero-order valence-electron chi connectivity index (χ0n) is 6.34. The molecule has 0 atom stereocenters. The number of hydrogen-bond acceptors (Lipinski definition) is 1.